The van der Waals surface area contributed by atoms with Crippen LogP contribution in [0, 0.1) is 17.3 Å². The Hall–Kier alpha value is -1.11. The molecule has 2 unspecified atom stereocenters. The Labute approximate surface area is 97.9 Å². The molecule has 1 nitrogen and oxygen atoms in total. The molecule has 3 aliphatic carbocycles. The lowest BCUT2D eigenvalue weighted by atomic mass is 9.49. The Morgan fingerprint density at radius 3 is 2.81 bits per heavy atom. The van der Waals surface area contributed by atoms with Crippen molar-refractivity contribution in [2.45, 2.75) is 33.6 Å². The van der Waals surface area contributed by atoms with E-state index in [2.05, 4.69) is 26.0 Å². The molecule has 86 valence electrons. The number of carbonyl (C=O) groups excluding carboxylic acids is 1. The SMILES string of the molecule is C/C(C=O)=C\C=C\C1=CCC2CC1C2(C)C. The molecule has 0 aromatic carbocycles. The van der Waals surface area contributed by atoms with Crippen molar-refractivity contribution in [3.05, 3.63) is 35.5 Å². The van der Waals surface area contributed by atoms with Gasteiger partial charge in [-0.1, -0.05) is 38.2 Å². The summed E-state index contributed by atoms with van der Waals surface area (Å²) in [4.78, 5) is 10.4. The molecular formula is C15H20O. The van der Waals surface area contributed by atoms with Crippen molar-refractivity contribution in [1.82, 2.24) is 0 Å². The fourth-order valence-corrected chi connectivity index (χ4v) is 2.94. The zero-order valence-electron chi connectivity index (χ0n) is 10.4. The summed E-state index contributed by atoms with van der Waals surface area (Å²) in [6.45, 7) is 6.58. The molecule has 0 spiro atoms. The molecule has 16 heavy (non-hydrogen) atoms. The van der Waals surface area contributed by atoms with Crippen molar-refractivity contribution >= 4 is 6.29 Å². The molecular weight excluding hydrogens is 196 g/mol. The third-order valence-electron chi connectivity index (χ3n) is 4.34. The first kappa shape index (κ1) is 11.4. The van der Waals surface area contributed by atoms with Crippen LogP contribution in [-0.2, 0) is 4.79 Å². The highest BCUT2D eigenvalue weighted by atomic mass is 16.1. The molecule has 0 radical (unpaired) electrons. The Bertz CT molecular complexity index is 382. The molecule has 0 saturated heterocycles. The second kappa shape index (κ2) is 4.04. The maximum atomic E-state index is 10.4. The van der Waals surface area contributed by atoms with E-state index in [4.69, 9.17) is 0 Å². The van der Waals surface area contributed by atoms with Gasteiger partial charge in [0.05, 0.1) is 0 Å². The van der Waals surface area contributed by atoms with Crippen LogP contribution in [0.3, 0.4) is 0 Å². The van der Waals surface area contributed by atoms with Gasteiger partial charge in [0.2, 0.25) is 0 Å². The summed E-state index contributed by atoms with van der Waals surface area (Å²) in [5, 5.41) is 0. The lowest BCUT2D eigenvalue weighted by Gasteiger charge is -2.56. The fourth-order valence-electron chi connectivity index (χ4n) is 2.94. The third-order valence-corrected chi connectivity index (χ3v) is 4.34. The first-order chi connectivity index (χ1) is 7.55. The van der Waals surface area contributed by atoms with Crippen LogP contribution in [-0.4, -0.2) is 6.29 Å². The van der Waals surface area contributed by atoms with E-state index in [9.17, 15) is 4.79 Å². The van der Waals surface area contributed by atoms with Crippen molar-refractivity contribution in [3.8, 4) is 0 Å². The Kier molecular flexibility index (Phi) is 2.88. The van der Waals surface area contributed by atoms with E-state index in [0.717, 1.165) is 23.7 Å². The van der Waals surface area contributed by atoms with Crippen molar-refractivity contribution in [2.24, 2.45) is 17.3 Å². The van der Waals surface area contributed by atoms with Crippen LogP contribution in [0.25, 0.3) is 0 Å². The highest BCUT2D eigenvalue weighted by Crippen LogP contribution is 2.59. The number of aldehydes is 1. The smallest absolute Gasteiger partial charge is 0.145 e. The summed E-state index contributed by atoms with van der Waals surface area (Å²) in [6, 6.07) is 0. The summed E-state index contributed by atoms with van der Waals surface area (Å²) >= 11 is 0. The van der Waals surface area contributed by atoms with Gasteiger partial charge in [-0.2, -0.15) is 0 Å². The minimum absolute atomic E-state index is 0.484. The number of allylic oxidation sites excluding steroid dienone is 6. The van der Waals surface area contributed by atoms with E-state index in [1.165, 1.54) is 18.4 Å². The van der Waals surface area contributed by atoms with E-state index < -0.39 is 0 Å². The zero-order valence-corrected chi connectivity index (χ0v) is 10.4. The fraction of sp³-hybridized carbons (Fsp3) is 0.533. The first-order valence-corrected chi connectivity index (χ1v) is 6.06. The maximum absolute atomic E-state index is 10.4. The molecule has 2 atom stereocenters. The Morgan fingerprint density at radius 1 is 1.50 bits per heavy atom. The van der Waals surface area contributed by atoms with E-state index in [1.54, 1.807) is 0 Å². The van der Waals surface area contributed by atoms with Gasteiger partial charge >= 0.3 is 0 Å². The van der Waals surface area contributed by atoms with Crippen LogP contribution < -0.4 is 0 Å². The third kappa shape index (κ3) is 1.79. The normalized spacial score (nSPS) is 32.2. The molecule has 3 aliphatic rings. The van der Waals surface area contributed by atoms with Crippen LogP contribution in [0.5, 0.6) is 0 Å². The molecule has 1 fully saturated rings. The van der Waals surface area contributed by atoms with Crippen LogP contribution in [0.2, 0.25) is 0 Å². The number of fused-ring (bicyclic) bond motifs is 1. The minimum atomic E-state index is 0.484. The molecule has 0 aliphatic heterocycles. The van der Waals surface area contributed by atoms with Gasteiger partial charge in [-0.25, -0.2) is 0 Å². The minimum Gasteiger partial charge on any atom is -0.298 e. The van der Waals surface area contributed by atoms with E-state index in [1.807, 2.05) is 19.1 Å². The number of rotatable bonds is 3. The highest BCUT2D eigenvalue weighted by molar-refractivity contribution is 5.72. The lowest BCUT2D eigenvalue weighted by molar-refractivity contribution is -0.104. The lowest BCUT2D eigenvalue weighted by Crippen LogP contribution is -2.47. The molecule has 0 aromatic rings. The molecule has 0 amide bonds. The van der Waals surface area contributed by atoms with E-state index in [0.29, 0.717) is 5.41 Å². The van der Waals surface area contributed by atoms with Gasteiger partial charge in [-0.3, -0.25) is 4.79 Å². The summed E-state index contributed by atoms with van der Waals surface area (Å²) < 4.78 is 0. The Balaban J connectivity index is 2.07. The summed E-state index contributed by atoms with van der Waals surface area (Å²) in [7, 11) is 0. The van der Waals surface area contributed by atoms with Crippen molar-refractivity contribution in [2.75, 3.05) is 0 Å². The summed E-state index contributed by atoms with van der Waals surface area (Å²) in [5.74, 6) is 1.62. The van der Waals surface area contributed by atoms with Crippen LogP contribution in [0.15, 0.2) is 35.5 Å². The van der Waals surface area contributed by atoms with Gasteiger partial charge in [-0.15, -0.1) is 0 Å². The van der Waals surface area contributed by atoms with Crippen molar-refractivity contribution < 1.29 is 4.79 Å². The largest absolute Gasteiger partial charge is 0.298 e. The molecule has 2 bridgehead atoms. The number of hydrogen-bond donors (Lipinski definition) is 0. The topological polar surface area (TPSA) is 17.1 Å². The second-order valence-electron chi connectivity index (χ2n) is 5.63. The average molecular weight is 216 g/mol. The second-order valence-corrected chi connectivity index (χ2v) is 5.63. The quantitative estimate of drug-likeness (QED) is 0.399. The van der Waals surface area contributed by atoms with Gasteiger partial charge < -0.3 is 0 Å². The molecule has 1 heteroatoms. The van der Waals surface area contributed by atoms with Crippen LogP contribution in [0.1, 0.15) is 33.6 Å². The monoisotopic (exact) mass is 216 g/mol. The number of hydrogen-bond acceptors (Lipinski definition) is 1. The number of carbonyl (C=O) groups is 1. The van der Waals surface area contributed by atoms with Gasteiger partial charge in [0.25, 0.3) is 0 Å². The van der Waals surface area contributed by atoms with Crippen molar-refractivity contribution in [1.29, 1.82) is 0 Å². The predicted molar refractivity (Wildman–Crippen MR) is 67.0 cm³/mol. The highest BCUT2D eigenvalue weighted by Gasteiger charge is 2.50. The molecule has 3 rings (SSSR count). The molecule has 0 N–H and O–H groups in total. The van der Waals surface area contributed by atoms with Gasteiger partial charge in [-0.05, 0) is 48.2 Å². The molecule has 0 aromatic heterocycles. The van der Waals surface area contributed by atoms with Gasteiger partial charge in [0.15, 0.2) is 0 Å². The first-order valence-electron chi connectivity index (χ1n) is 6.06. The zero-order chi connectivity index (χ0) is 11.8. The van der Waals surface area contributed by atoms with Gasteiger partial charge in [0.1, 0.15) is 6.29 Å². The van der Waals surface area contributed by atoms with Crippen molar-refractivity contribution in [3.63, 3.8) is 0 Å². The van der Waals surface area contributed by atoms with Gasteiger partial charge in [0, 0.05) is 0 Å². The summed E-state index contributed by atoms with van der Waals surface area (Å²) in [5.41, 5.74) is 2.72. The van der Waals surface area contributed by atoms with Crippen LogP contribution in [0.4, 0.5) is 0 Å². The van der Waals surface area contributed by atoms with E-state index in [-0.39, 0.29) is 0 Å². The Morgan fingerprint density at radius 2 is 2.25 bits per heavy atom. The summed E-state index contributed by atoms with van der Waals surface area (Å²) in [6.07, 6.45) is 11.9. The average Bonchev–Trinajstić information content (AvgIpc) is 2.28. The molecule has 0 heterocycles. The van der Waals surface area contributed by atoms with E-state index >= 15 is 0 Å². The molecule has 1 saturated carbocycles. The maximum Gasteiger partial charge on any atom is 0.145 e. The standard InChI is InChI=1S/C15H20O/c1-11(10-16)5-4-6-12-7-8-13-9-14(12)15(13,2)3/h4-7,10,13-14H,8-9H2,1-3H3/b6-4+,11-5+. The van der Waals surface area contributed by atoms with Crippen LogP contribution >= 0.6 is 0 Å². The predicted octanol–water partition coefficient (Wildman–Crippen LogP) is 3.68.